The maximum absolute atomic E-state index is 4.70. The topological polar surface area (TPSA) is 25.8 Å². The van der Waals surface area contributed by atoms with Crippen molar-refractivity contribution in [2.45, 2.75) is 26.2 Å². The Morgan fingerprint density at radius 1 is 0.500 bits per heavy atom. The molecule has 0 fully saturated rings. The predicted molar refractivity (Wildman–Crippen MR) is 160 cm³/mol. The molecule has 0 amide bonds. The second-order valence-electron chi connectivity index (χ2n) is 10.8. The van der Waals surface area contributed by atoms with Gasteiger partial charge in [0.1, 0.15) is 0 Å². The van der Waals surface area contributed by atoms with E-state index in [9.17, 15) is 0 Å². The van der Waals surface area contributed by atoms with Gasteiger partial charge in [-0.05, 0) is 74.0 Å². The summed E-state index contributed by atoms with van der Waals surface area (Å²) in [6.45, 7) is 6.71. The van der Waals surface area contributed by atoms with Gasteiger partial charge in [-0.2, -0.15) is 0 Å². The largest absolute Gasteiger partial charge is 0.264 e. The first-order valence-corrected chi connectivity index (χ1v) is 13.1. The summed E-state index contributed by atoms with van der Waals surface area (Å²) in [6.07, 6.45) is 5.80. The molecule has 0 aliphatic heterocycles. The van der Waals surface area contributed by atoms with Crippen LogP contribution in [0, 0.1) is 0 Å². The molecule has 0 atom stereocenters. The first kappa shape index (κ1) is 23.8. The van der Waals surface area contributed by atoms with Gasteiger partial charge < -0.3 is 0 Å². The second kappa shape index (κ2) is 9.72. The summed E-state index contributed by atoms with van der Waals surface area (Å²) in [4.78, 5) is 9.23. The van der Waals surface area contributed by atoms with E-state index < -0.39 is 0 Å². The highest BCUT2D eigenvalue weighted by Gasteiger charge is 2.16. The van der Waals surface area contributed by atoms with E-state index >= 15 is 0 Å². The van der Waals surface area contributed by atoms with E-state index in [0.29, 0.717) is 0 Å². The van der Waals surface area contributed by atoms with Gasteiger partial charge in [-0.15, -0.1) is 0 Å². The zero-order valence-electron chi connectivity index (χ0n) is 22.0. The summed E-state index contributed by atoms with van der Waals surface area (Å²) in [5.41, 5.74) is 10.7. The molecular weight excluding hydrogens is 460 g/mol. The Labute approximate surface area is 224 Å². The number of nitrogens with zero attached hydrogens (tertiary/aromatic N) is 2. The second-order valence-corrected chi connectivity index (χ2v) is 10.8. The van der Waals surface area contributed by atoms with Crippen molar-refractivity contribution in [3.8, 4) is 44.6 Å². The van der Waals surface area contributed by atoms with Crippen LogP contribution in [0.15, 0.2) is 128 Å². The van der Waals surface area contributed by atoms with Gasteiger partial charge in [0.05, 0.1) is 5.69 Å². The molecule has 4 aromatic carbocycles. The number of aromatic nitrogens is 2. The summed E-state index contributed by atoms with van der Waals surface area (Å²) in [5, 5.41) is 2.33. The lowest BCUT2D eigenvalue weighted by Crippen LogP contribution is -2.11. The molecule has 0 spiro atoms. The van der Waals surface area contributed by atoms with Crippen LogP contribution in [0.1, 0.15) is 26.3 Å². The minimum Gasteiger partial charge on any atom is -0.264 e. The van der Waals surface area contributed by atoms with Gasteiger partial charge >= 0.3 is 0 Å². The van der Waals surface area contributed by atoms with Gasteiger partial charge in [0, 0.05) is 29.5 Å². The molecule has 2 aromatic heterocycles. The van der Waals surface area contributed by atoms with Crippen molar-refractivity contribution in [2.24, 2.45) is 0 Å². The van der Waals surface area contributed by atoms with E-state index in [1.54, 1.807) is 0 Å². The highest BCUT2D eigenvalue weighted by molar-refractivity contribution is 6.06. The zero-order chi connectivity index (χ0) is 26.1. The van der Waals surface area contributed by atoms with Crippen LogP contribution in [-0.4, -0.2) is 9.97 Å². The Morgan fingerprint density at radius 3 is 2.03 bits per heavy atom. The fourth-order valence-electron chi connectivity index (χ4n) is 5.17. The third kappa shape index (κ3) is 4.50. The molecule has 6 rings (SSSR count). The van der Waals surface area contributed by atoms with Crippen LogP contribution in [0.2, 0.25) is 0 Å². The molecule has 0 saturated carbocycles. The zero-order valence-corrected chi connectivity index (χ0v) is 22.0. The van der Waals surface area contributed by atoms with E-state index in [-0.39, 0.29) is 5.41 Å². The average molecular weight is 491 g/mol. The van der Waals surface area contributed by atoms with Crippen LogP contribution in [0.25, 0.3) is 55.4 Å². The lowest BCUT2D eigenvalue weighted by Gasteiger charge is -2.19. The smallest absolute Gasteiger partial charge is 0.0705 e. The number of hydrogen-bond donors (Lipinski definition) is 0. The molecule has 0 bridgehead atoms. The average Bonchev–Trinajstić information content (AvgIpc) is 2.97. The molecule has 2 heteroatoms. The van der Waals surface area contributed by atoms with Crippen LogP contribution < -0.4 is 0 Å². The molecule has 0 aliphatic carbocycles. The van der Waals surface area contributed by atoms with Crippen LogP contribution in [0.3, 0.4) is 0 Å². The van der Waals surface area contributed by atoms with Crippen LogP contribution in [0.5, 0.6) is 0 Å². The first-order chi connectivity index (χ1) is 18.5. The Balaban J connectivity index is 1.49. The summed E-state index contributed by atoms with van der Waals surface area (Å²) in [7, 11) is 0. The van der Waals surface area contributed by atoms with Gasteiger partial charge in [0.2, 0.25) is 0 Å². The monoisotopic (exact) mass is 490 g/mol. The minimum atomic E-state index is 0.0738. The number of pyridine rings is 2. The molecule has 38 heavy (non-hydrogen) atoms. The molecular formula is C36H30N2. The highest BCUT2D eigenvalue weighted by Crippen LogP contribution is 2.40. The summed E-state index contributed by atoms with van der Waals surface area (Å²) in [6, 6.07) is 38.9. The van der Waals surface area contributed by atoms with Crippen molar-refractivity contribution in [3.63, 3.8) is 0 Å². The summed E-state index contributed by atoms with van der Waals surface area (Å²) in [5.74, 6) is 0. The van der Waals surface area contributed by atoms with Gasteiger partial charge in [-0.25, -0.2) is 0 Å². The number of benzene rings is 4. The van der Waals surface area contributed by atoms with E-state index in [1.165, 1.54) is 44.3 Å². The predicted octanol–water partition coefficient (Wildman–Crippen LogP) is 9.60. The van der Waals surface area contributed by atoms with Gasteiger partial charge in [-0.1, -0.05) is 106 Å². The van der Waals surface area contributed by atoms with Crippen molar-refractivity contribution in [1.82, 2.24) is 9.97 Å². The van der Waals surface area contributed by atoms with Crippen molar-refractivity contribution < 1.29 is 0 Å². The number of fused-ring (bicyclic) bond motifs is 1. The Bertz CT molecular complexity index is 1740. The highest BCUT2D eigenvalue weighted by atomic mass is 14.7. The molecule has 6 aromatic rings. The van der Waals surface area contributed by atoms with Gasteiger partial charge in [0.15, 0.2) is 0 Å². The quantitative estimate of drug-likeness (QED) is 0.246. The fourth-order valence-corrected chi connectivity index (χ4v) is 5.17. The molecule has 0 N–H and O–H groups in total. The lowest BCUT2D eigenvalue weighted by molar-refractivity contribution is 0.589. The van der Waals surface area contributed by atoms with Crippen molar-refractivity contribution in [2.75, 3.05) is 0 Å². The Kier molecular flexibility index (Phi) is 6.09. The molecule has 0 unspecified atom stereocenters. The third-order valence-corrected chi connectivity index (χ3v) is 7.22. The Hall–Kier alpha value is -4.56. The standard InChI is InChI=1S/C36H30N2/c1-36(2,3)28-18-21-38-35(23-28)27-13-9-12-26(22-27)30-16-17-32(34-24-37-20-19-33(30)34)31-15-8-7-14-29(31)25-10-5-4-6-11-25/h4-24H,1-3H3. The minimum absolute atomic E-state index is 0.0738. The molecule has 2 nitrogen and oxygen atoms in total. The van der Waals surface area contributed by atoms with E-state index in [4.69, 9.17) is 4.98 Å². The van der Waals surface area contributed by atoms with Crippen LogP contribution in [0.4, 0.5) is 0 Å². The Morgan fingerprint density at radius 2 is 1.21 bits per heavy atom. The normalized spacial score (nSPS) is 11.6. The summed E-state index contributed by atoms with van der Waals surface area (Å²) >= 11 is 0. The van der Waals surface area contributed by atoms with Crippen LogP contribution in [-0.2, 0) is 5.41 Å². The number of rotatable bonds is 4. The maximum atomic E-state index is 4.70. The van der Waals surface area contributed by atoms with Crippen molar-refractivity contribution >= 4 is 10.8 Å². The van der Waals surface area contributed by atoms with E-state index in [0.717, 1.165) is 16.6 Å². The molecule has 2 heterocycles. The summed E-state index contributed by atoms with van der Waals surface area (Å²) < 4.78 is 0. The molecule has 184 valence electrons. The number of hydrogen-bond acceptors (Lipinski definition) is 2. The molecule has 0 saturated heterocycles. The van der Waals surface area contributed by atoms with E-state index in [2.05, 4.69) is 135 Å². The van der Waals surface area contributed by atoms with Crippen LogP contribution >= 0.6 is 0 Å². The fraction of sp³-hybridized carbons (Fsp3) is 0.111. The van der Waals surface area contributed by atoms with Gasteiger partial charge in [-0.3, -0.25) is 9.97 Å². The molecule has 0 aliphatic rings. The first-order valence-electron chi connectivity index (χ1n) is 13.1. The maximum Gasteiger partial charge on any atom is 0.0705 e. The van der Waals surface area contributed by atoms with E-state index in [1.807, 2.05) is 18.6 Å². The van der Waals surface area contributed by atoms with Gasteiger partial charge in [0.25, 0.3) is 0 Å². The lowest BCUT2D eigenvalue weighted by atomic mass is 9.86. The van der Waals surface area contributed by atoms with Crippen molar-refractivity contribution in [3.05, 3.63) is 133 Å². The molecule has 0 radical (unpaired) electrons. The SMILES string of the molecule is CC(C)(C)c1ccnc(-c2cccc(-c3ccc(-c4ccccc4-c4ccccc4)c4cnccc34)c2)c1. The van der Waals surface area contributed by atoms with Crippen molar-refractivity contribution in [1.29, 1.82) is 0 Å². The third-order valence-electron chi connectivity index (χ3n) is 7.22.